The SMILES string of the molecule is Fc1cc(Br)cnc1Nc1cc(C(F)(F)F)ccc1Br. The van der Waals surface area contributed by atoms with Gasteiger partial charge in [0.1, 0.15) is 0 Å². The third-order valence-electron chi connectivity index (χ3n) is 2.35. The zero-order chi connectivity index (χ0) is 14.9. The van der Waals surface area contributed by atoms with Crippen LogP contribution >= 0.6 is 31.9 Å². The quantitative estimate of drug-likeness (QED) is 0.657. The van der Waals surface area contributed by atoms with E-state index in [4.69, 9.17) is 0 Å². The fraction of sp³-hybridized carbons (Fsp3) is 0.0833. The fourth-order valence-electron chi connectivity index (χ4n) is 1.43. The van der Waals surface area contributed by atoms with E-state index >= 15 is 0 Å². The molecule has 2 nitrogen and oxygen atoms in total. The number of hydrogen-bond donors (Lipinski definition) is 1. The van der Waals surface area contributed by atoms with Crippen molar-refractivity contribution in [3.8, 4) is 0 Å². The van der Waals surface area contributed by atoms with Crippen LogP contribution in [0.4, 0.5) is 29.1 Å². The van der Waals surface area contributed by atoms with Gasteiger partial charge >= 0.3 is 6.18 Å². The maximum atomic E-state index is 13.6. The molecule has 106 valence electrons. The number of pyridine rings is 1. The molecule has 0 unspecified atom stereocenters. The molecule has 1 aromatic heterocycles. The Morgan fingerprint density at radius 1 is 1.10 bits per heavy atom. The second-order valence-corrected chi connectivity index (χ2v) is 5.57. The van der Waals surface area contributed by atoms with E-state index in [0.717, 1.165) is 18.2 Å². The maximum absolute atomic E-state index is 13.6. The first-order valence-electron chi connectivity index (χ1n) is 5.22. The summed E-state index contributed by atoms with van der Waals surface area (Å²) < 4.78 is 52.3. The van der Waals surface area contributed by atoms with Gasteiger partial charge in [0.15, 0.2) is 11.6 Å². The lowest BCUT2D eigenvalue weighted by Gasteiger charge is -2.12. The first-order valence-corrected chi connectivity index (χ1v) is 6.81. The minimum absolute atomic E-state index is 0.0774. The Morgan fingerprint density at radius 3 is 2.40 bits per heavy atom. The second-order valence-electron chi connectivity index (χ2n) is 3.80. The Kier molecular flexibility index (Phi) is 4.33. The second kappa shape index (κ2) is 5.69. The lowest BCUT2D eigenvalue weighted by molar-refractivity contribution is -0.137. The summed E-state index contributed by atoms with van der Waals surface area (Å²) in [5, 5.41) is 2.53. The van der Waals surface area contributed by atoms with Gasteiger partial charge in [-0.1, -0.05) is 0 Å². The predicted octanol–water partition coefficient (Wildman–Crippen LogP) is 5.51. The standard InChI is InChI=1S/C12H6Br2F4N2/c13-7-4-9(15)11(19-5-7)20-10-3-6(12(16,17)18)1-2-8(10)14/h1-5H,(H,19,20). The third-order valence-corrected chi connectivity index (χ3v) is 3.48. The molecule has 1 heterocycles. The van der Waals surface area contributed by atoms with Crippen molar-refractivity contribution >= 4 is 43.4 Å². The monoisotopic (exact) mass is 412 g/mol. The maximum Gasteiger partial charge on any atom is 0.416 e. The minimum Gasteiger partial charge on any atom is -0.337 e. The third kappa shape index (κ3) is 3.49. The molecule has 20 heavy (non-hydrogen) atoms. The van der Waals surface area contributed by atoms with E-state index in [-0.39, 0.29) is 11.5 Å². The molecular formula is C12H6Br2F4N2. The molecule has 0 radical (unpaired) electrons. The van der Waals surface area contributed by atoms with Crippen LogP contribution in [-0.4, -0.2) is 4.98 Å². The largest absolute Gasteiger partial charge is 0.416 e. The zero-order valence-electron chi connectivity index (χ0n) is 9.60. The van der Waals surface area contributed by atoms with Gasteiger partial charge in [-0.2, -0.15) is 13.2 Å². The van der Waals surface area contributed by atoms with Gasteiger partial charge in [0.2, 0.25) is 0 Å². The highest BCUT2D eigenvalue weighted by atomic mass is 79.9. The normalized spacial score (nSPS) is 11.5. The average molecular weight is 414 g/mol. The molecule has 0 spiro atoms. The van der Waals surface area contributed by atoms with Gasteiger partial charge in [-0.25, -0.2) is 9.37 Å². The van der Waals surface area contributed by atoms with Crippen LogP contribution in [0.15, 0.2) is 39.4 Å². The van der Waals surface area contributed by atoms with E-state index in [9.17, 15) is 17.6 Å². The summed E-state index contributed by atoms with van der Waals surface area (Å²) >= 11 is 6.15. The highest BCUT2D eigenvalue weighted by Crippen LogP contribution is 2.35. The summed E-state index contributed by atoms with van der Waals surface area (Å²) in [7, 11) is 0. The van der Waals surface area contributed by atoms with Crippen molar-refractivity contribution in [3.05, 3.63) is 50.8 Å². The van der Waals surface area contributed by atoms with Crippen LogP contribution in [-0.2, 0) is 6.18 Å². The van der Waals surface area contributed by atoms with E-state index in [2.05, 4.69) is 42.2 Å². The molecule has 0 aliphatic rings. The summed E-state index contributed by atoms with van der Waals surface area (Å²) in [6, 6.07) is 4.21. The van der Waals surface area contributed by atoms with Crippen molar-refractivity contribution in [1.29, 1.82) is 0 Å². The van der Waals surface area contributed by atoms with Gasteiger partial charge in [0, 0.05) is 15.1 Å². The van der Waals surface area contributed by atoms with E-state index in [0.29, 0.717) is 8.95 Å². The van der Waals surface area contributed by atoms with Gasteiger partial charge in [0.05, 0.1) is 11.3 Å². The number of anilines is 2. The van der Waals surface area contributed by atoms with Gasteiger partial charge in [0.25, 0.3) is 0 Å². The summed E-state index contributed by atoms with van der Waals surface area (Å²) in [4.78, 5) is 3.77. The molecule has 0 fully saturated rings. The molecular weight excluding hydrogens is 408 g/mol. The number of nitrogens with one attached hydrogen (secondary N) is 1. The number of aromatic nitrogens is 1. The summed E-state index contributed by atoms with van der Waals surface area (Å²) in [5.74, 6) is -0.836. The minimum atomic E-state index is -4.47. The molecule has 0 aliphatic heterocycles. The van der Waals surface area contributed by atoms with Crippen molar-refractivity contribution in [2.75, 3.05) is 5.32 Å². The molecule has 0 bridgehead atoms. The van der Waals surface area contributed by atoms with Crippen LogP contribution in [0.1, 0.15) is 5.56 Å². The lowest BCUT2D eigenvalue weighted by atomic mass is 10.2. The average Bonchev–Trinajstić information content (AvgIpc) is 2.33. The van der Waals surface area contributed by atoms with Crippen molar-refractivity contribution in [1.82, 2.24) is 4.98 Å². The predicted molar refractivity (Wildman–Crippen MR) is 74.3 cm³/mol. The number of benzene rings is 1. The van der Waals surface area contributed by atoms with Crippen LogP contribution in [0.5, 0.6) is 0 Å². The molecule has 0 aliphatic carbocycles. The Balaban J connectivity index is 2.38. The lowest BCUT2D eigenvalue weighted by Crippen LogP contribution is -2.06. The van der Waals surface area contributed by atoms with E-state index in [1.807, 2.05) is 0 Å². The number of alkyl halides is 3. The Morgan fingerprint density at radius 2 is 1.80 bits per heavy atom. The zero-order valence-corrected chi connectivity index (χ0v) is 12.8. The molecule has 0 amide bonds. The van der Waals surface area contributed by atoms with E-state index in [1.54, 1.807) is 0 Å². The highest BCUT2D eigenvalue weighted by Gasteiger charge is 2.31. The topological polar surface area (TPSA) is 24.9 Å². The van der Waals surface area contributed by atoms with Gasteiger partial charge in [-0.3, -0.25) is 0 Å². The molecule has 2 rings (SSSR count). The summed E-state index contributed by atoms with van der Waals surface area (Å²) in [5.41, 5.74) is -0.755. The number of rotatable bonds is 2. The Bertz CT molecular complexity index is 644. The van der Waals surface area contributed by atoms with Gasteiger partial charge < -0.3 is 5.32 Å². The van der Waals surface area contributed by atoms with Gasteiger partial charge in [-0.05, 0) is 56.1 Å². The highest BCUT2D eigenvalue weighted by molar-refractivity contribution is 9.10. The van der Waals surface area contributed by atoms with E-state index in [1.165, 1.54) is 12.3 Å². The van der Waals surface area contributed by atoms with Gasteiger partial charge in [-0.15, -0.1) is 0 Å². The van der Waals surface area contributed by atoms with Crippen LogP contribution in [0.25, 0.3) is 0 Å². The molecule has 2 aromatic rings. The molecule has 8 heteroatoms. The van der Waals surface area contributed by atoms with Crippen molar-refractivity contribution in [2.45, 2.75) is 6.18 Å². The van der Waals surface area contributed by atoms with Crippen LogP contribution in [0.2, 0.25) is 0 Å². The van der Waals surface area contributed by atoms with E-state index < -0.39 is 17.6 Å². The number of hydrogen-bond acceptors (Lipinski definition) is 2. The molecule has 0 saturated carbocycles. The molecule has 0 atom stereocenters. The smallest absolute Gasteiger partial charge is 0.337 e. The molecule has 1 aromatic carbocycles. The van der Waals surface area contributed by atoms with Crippen LogP contribution in [0, 0.1) is 5.82 Å². The number of halogens is 6. The van der Waals surface area contributed by atoms with Crippen molar-refractivity contribution in [2.24, 2.45) is 0 Å². The Hall–Kier alpha value is -1.15. The molecule has 1 N–H and O–H groups in total. The summed E-state index contributed by atoms with van der Waals surface area (Å²) in [6.45, 7) is 0. The van der Waals surface area contributed by atoms with Crippen LogP contribution in [0.3, 0.4) is 0 Å². The first kappa shape index (κ1) is 15.2. The van der Waals surface area contributed by atoms with Crippen LogP contribution < -0.4 is 5.32 Å². The summed E-state index contributed by atoms with van der Waals surface area (Å²) in [6.07, 6.45) is -3.13. The Labute approximate surface area is 128 Å². The van der Waals surface area contributed by atoms with Crippen molar-refractivity contribution < 1.29 is 17.6 Å². The van der Waals surface area contributed by atoms with Crippen molar-refractivity contribution in [3.63, 3.8) is 0 Å². The first-order chi connectivity index (χ1) is 9.27. The fourth-order valence-corrected chi connectivity index (χ4v) is 2.08. The molecule has 0 saturated heterocycles. The number of nitrogens with zero attached hydrogens (tertiary/aromatic N) is 1.